The highest BCUT2D eigenvalue weighted by atomic mass is 16.5. The predicted molar refractivity (Wildman–Crippen MR) is 67.9 cm³/mol. The van der Waals surface area contributed by atoms with Crippen LogP contribution in [-0.2, 0) is 0 Å². The number of carboxylic acids is 1. The Kier molecular flexibility index (Phi) is 3.28. The van der Waals surface area contributed by atoms with E-state index in [4.69, 9.17) is 9.84 Å². The lowest BCUT2D eigenvalue weighted by atomic mass is 10.0. The molecule has 0 radical (unpaired) electrons. The molecule has 0 saturated carbocycles. The normalized spacial score (nSPS) is 10.1. The summed E-state index contributed by atoms with van der Waals surface area (Å²) in [7, 11) is 1.46. The Balaban J connectivity index is 2.55. The fourth-order valence-electron chi connectivity index (χ4n) is 1.82. The molecule has 1 aromatic heterocycles. The van der Waals surface area contributed by atoms with Gasteiger partial charge in [-0.2, -0.15) is 0 Å². The molecule has 0 spiro atoms. The lowest BCUT2D eigenvalue weighted by molar-refractivity contribution is 0.0693. The summed E-state index contributed by atoms with van der Waals surface area (Å²) in [5.41, 5.74) is 2.90. The fourth-order valence-corrected chi connectivity index (χ4v) is 1.82. The molecule has 0 amide bonds. The minimum absolute atomic E-state index is 0.155. The summed E-state index contributed by atoms with van der Waals surface area (Å²) in [4.78, 5) is 15.2. The molecule has 92 valence electrons. The van der Waals surface area contributed by atoms with Gasteiger partial charge in [-0.1, -0.05) is 12.1 Å². The van der Waals surface area contributed by atoms with Gasteiger partial charge in [0, 0.05) is 17.5 Å². The summed E-state index contributed by atoms with van der Waals surface area (Å²) < 4.78 is 5.11. The first-order chi connectivity index (χ1) is 8.63. The van der Waals surface area contributed by atoms with Crippen molar-refractivity contribution in [2.24, 2.45) is 0 Å². The summed E-state index contributed by atoms with van der Waals surface area (Å²) in [6.07, 6.45) is 1.72. The Labute approximate surface area is 105 Å². The van der Waals surface area contributed by atoms with Gasteiger partial charge in [0.15, 0.2) is 0 Å². The van der Waals surface area contributed by atoms with Gasteiger partial charge in [0.25, 0.3) is 0 Å². The Morgan fingerprint density at radius 1 is 1.33 bits per heavy atom. The Morgan fingerprint density at radius 2 is 2.11 bits per heavy atom. The van der Waals surface area contributed by atoms with E-state index in [1.54, 1.807) is 24.4 Å². The second-order valence-corrected chi connectivity index (χ2v) is 3.86. The molecule has 0 bridgehead atoms. The van der Waals surface area contributed by atoms with Crippen molar-refractivity contribution in [3.8, 4) is 16.9 Å². The maximum absolute atomic E-state index is 11.0. The van der Waals surface area contributed by atoms with Gasteiger partial charge in [-0.3, -0.25) is 4.98 Å². The van der Waals surface area contributed by atoms with Crippen molar-refractivity contribution in [2.75, 3.05) is 7.11 Å². The number of nitrogens with zero attached hydrogens (tertiary/aromatic N) is 1. The van der Waals surface area contributed by atoms with Crippen LogP contribution in [0.5, 0.6) is 5.75 Å². The summed E-state index contributed by atoms with van der Waals surface area (Å²) in [6, 6.07) is 8.81. The molecule has 4 nitrogen and oxygen atoms in total. The predicted octanol–water partition coefficient (Wildman–Crippen LogP) is 2.76. The number of aromatic nitrogens is 1. The zero-order valence-electron chi connectivity index (χ0n) is 10.2. The molecule has 2 rings (SSSR count). The van der Waals surface area contributed by atoms with Crippen molar-refractivity contribution in [3.63, 3.8) is 0 Å². The number of pyridine rings is 1. The number of aryl methyl sites for hydroxylation is 1. The van der Waals surface area contributed by atoms with Gasteiger partial charge in [0.2, 0.25) is 0 Å². The van der Waals surface area contributed by atoms with E-state index in [1.807, 2.05) is 19.1 Å². The first kappa shape index (κ1) is 12.1. The third kappa shape index (κ3) is 2.18. The van der Waals surface area contributed by atoms with E-state index in [0.717, 1.165) is 16.8 Å². The molecular weight excluding hydrogens is 230 g/mol. The highest BCUT2D eigenvalue weighted by Crippen LogP contribution is 2.28. The highest BCUT2D eigenvalue weighted by Gasteiger charge is 2.12. The van der Waals surface area contributed by atoms with Crippen LogP contribution in [0.3, 0.4) is 0 Å². The molecule has 0 fully saturated rings. The van der Waals surface area contributed by atoms with E-state index < -0.39 is 5.97 Å². The Hall–Kier alpha value is -2.36. The van der Waals surface area contributed by atoms with E-state index in [0.29, 0.717) is 5.75 Å². The molecule has 1 N–H and O–H groups in total. The van der Waals surface area contributed by atoms with Gasteiger partial charge in [-0.25, -0.2) is 4.79 Å². The van der Waals surface area contributed by atoms with Crippen LogP contribution in [0.4, 0.5) is 0 Å². The summed E-state index contributed by atoms with van der Waals surface area (Å²) >= 11 is 0. The first-order valence-corrected chi connectivity index (χ1v) is 5.47. The second-order valence-electron chi connectivity index (χ2n) is 3.86. The molecule has 18 heavy (non-hydrogen) atoms. The van der Waals surface area contributed by atoms with E-state index in [9.17, 15) is 4.79 Å². The number of hydrogen-bond acceptors (Lipinski definition) is 3. The molecule has 1 heterocycles. The second kappa shape index (κ2) is 4.87. The van der Waals surface area contributed by atoms with Crippen LogP contribution in [0, 0.1) is 6.92 Å². The van der Waals surface area contributed by atoms with Crippen molar-refractivity contribution in [3.05, 3.63) is 47.8 Å². The van der Waals surface area contributed by atoms with Crippen molar-refractivity contribution in [1.29, 1.82) is 0 Å². The van der Waals surface area contributed by atoms with Crippen LogP contribution in [0.1, 0.15) is 16.1 Å². The maximum atomic E-state index is 11.0. The third-order valence-corrected chi connectivity index (χ3v) is 2.75. The minimum Gasteiger partial charge on any atom is -0.496 e. The van der Waals surface area contributed by atoms with Crippen molar-refractivity contribution in [1.82, 2.24) is 4.98 Å². The topological polar surface area (TPSA) is 59.4 Å². The number of aromatic carboxylic acids is 1. The van der Waals surface area contributed by atoms with Crippen LogP contribution >= 0.6 is 0 Å². The van der Waals surface area contributed by atoms with Crippen molar-refractivity contribution in [2.45, 2.75) is 6.92 Å². The van der Waals surface area contributed by atoms with Gasteiger partial charge in [0.05, 0.1) is 7.11 Å². The Bertz CT molecular complexity index is 593. The first-order valence-electron chi connectivity index (χ1n) is 5.47. The number of rotatable bonds is 3. The summed E-state index contributed by atoms with van der Waals surface area (Å²) in [5, 5.41) is 9.02. The summed E-state index contributed by atoms with van der Waals surface area (Å²) in [6.45, 7) is 1.91. The number of methoxy groups -OCH3 is 1. The molecule has 0 atom stereocenters. The molecule has 0 aliphatic heterocycles. The molecule has 0 unspecified atom stereocenters. The Morgan fingerprint density at radius 3 is 2.72 bits per heavy atom. The van der Waals surface area contributed by atoms with Gasteiger partial charge < -0.3 is 9.84 Å². The standard InChI is InChI=1S/C14H13NO3/c1-9-11(4-3-7-15-9)10-5-6-12(14(16)17)13(8-10)18-2/h3-8H,1-2H3,(H,16,17). The number of ether oxygens (including phenoxy) is 1. The van der Waals surface area contributed by atoms with Crippen LogP contribution in [-0.4, -0.2) is 23.2 Å². The van der Waals surface area contributed by atoms with Gasteiger partial charge in [0.1, 0.15) is 11.3 Å². The third-order valence-electron chi connectivity index (χ3n) is 2.75. The number of carboxylic acid groups (broad SMARTS) is 1. The quantitative estimate of drug-likeness (QED) is 0.900. The molecule has 1 aromatic carbocycles. The molecule has 2 aromatic rings. The fraction of sp³-hybridized carbons (Fsp3) is 0.143. The number of benzene rings is 1. The van der Waals surface area contributed by atoms with Crippen molar-refractivity contribution < 1.29 is 14.6 Å². The molecular formula is C14H13NO3. The van der Waals surface area contributed by atoms with E-state index in [2.05, 4.69) is 4.98 Å². The average molecular weight is 243 g/mol. The number of hydrogen-bond donors (Lipinski definition) is 1. The van der Waals surface area contributed by atoms with E-state index >= 15 is 0 Å². The zero-order valence-corrected chi connectivity index (χ0v) is 10.2. The largest absolute Gasteiger partial charge is 0.496 e. The monoisotopic (exact) mass is 243 g/mol. The smallest absolute Gasteiger partial charge is 0.339 e. The summed E-state index contributed by atoms with van der Waals surface area (Å²) in [5.74, 6) is -0.649. The molecule has 0 aliphatic carbocycles. The van der Waals surface area contributed by atoms with Crippen LogP contribution in [0.25, 0.3) is 11.1 Å². The zero-order chi connectivity index (χ0) is 13.1. The number of carbonyl (C=O) groups is 1. The van der Waals surface area contributed by atoms with E-state index in [-0.39, 0.29) is 5.56 Å². The molecule has 4 heteroatoms. The van der Waals surface area contributed by atoms with Crippen LogP contribution in [0.2, 0.25) is 0 Å². The lowest BCUT2D eigenvalue weighted by Crippen LogP contribution is -2.00. The van der Waals surface area contributed by atoms with Crippen LogP contribution in [0.15, 0.2) is 36.5 Å². The minimum atomic E-state index is -0.999. The lowest BCUT2D eigenvalue weighted by Gasteiger charge is -2.09. The van der Waals surface area contributed by atoms with Crippen LogP contribution < -0.4 is 4.74 Å². The van der Waals surface area contributed by atoms with Gasteiger partial charge >= 0.3 is 5.97 Å². The molecule has 0 saturated heterocycles. The average Bonchev–Trinajstić information content (AvgIpc) is 2.38. The van der Waals surface area contributed by atoms with Crippen molar-refractivity contribution >= 4 is 5.97 Å². The van der Waals surface area contributed by atoms with Gasteiger partial charge in [-0.05, 0) is 30.7 Å². The maximum Gasteiger partial charge on any atom is 0.339 e. The van der Waals surface area contributed by atoms with Gasteiger partial charge in [-0.15, -0.1) is 0 Å². The molecule has 0 aliphatic rings. The SMILES string of the molecule is COc1cc(-c2cccnc2C)ccc1C(=O)O. The highest BCUT2D eigenvalue weighted by molar-refractivity contribution is 5.92. The van der Waals surface area contributed by atoms with E-state index in [1.165, 1.54) is 7.11 Å².